The summed E-state index contributed by atoms with van der Waals surface area (Å²) in [5.41, 5.74) is 0.548. The highest BCUT2D eigenvalue weighted by molar-refractivity contribution is 5.92. The molecule has 8 nitrogen and oxygen atoms in total. The molecule has 1 aromatic rings. The van der Waals surface area contributed by atoms with E-state index in [0.717, 1.165) is 51.4 Å². The van der Waals surface area contributed by atoms with Crippen LogP contribution >= 0.6 is 0 Å². The molecule has 41 heavy (non-hydrogen) atoms. The summed E-state index contributed by atoms with van der Waals surface area (Å²) < 4.78 is 5.50. The second-order valence-corrected chi connectivity index (χ2v) is 12.3. The molecular weight excluding hydrogens is 518 g/mol. The highest BCUT2D eigenvalue weighted by Crippen LogP contribution is 2.29. The molecule has 0 spiro atoms. The summed E-state index contributed by atoms with van der Waals surface area (Å²) in [5.74, 6) is -0.616. The summed E-state index contributed by atoms with van der Waals surface area (Å²) >= 11 is 0. The Morgan fingerprint density at radius 1 is 0.951 bits per heavy atom. The second-order valence-electron chi connectivity index (χ2n) is 12.3. The zero-order valence-corrected chi connectivity index (χ0v) is 27.0. The molecule has 0 bridgehead atoms. The van der Waals surface area contributed by atoms with Crippen LogP contribution in [0.1, 0.15) is 130 Å². The van der Waals surface area contributed by atoms with E-state index in [9.17, 15) is 19.5 Å². The number of rotatable bonds is 18. The number of hydrogen-bond acceptors (Lipinski definition) is 5. The van der Waals surface area contributed by atoms with Gasteiger partial charge in [0.1, 0.15) is 23.4 Å². The van der Waals surface area contributed by atoms with Crippen LogP contribution in [0.4, 0.5) is 4.79 Å². The number of carbonyl (C=O) groups is 3. The van der Waals surface area contributed by atoms with Crippen LogP contribution in [0, 0.1) is 12.8 Å². The molecule has 0 saturated heterocycles. The number of nitrogens with one attached hydrogen (secondary N) is 2. The van der Waals surface area contributed by atoms with Gasteiger partial charge in [0.15, 0.2) is 0 Å². The minimum Gasteiger partial charge on any atom is -0.508 e. The maximum atomic E-state index is 14.4. The number of nitrogens with zero attached hydrogens (tertiary/aromatic N) is 1. The van der Waals surface area contributed by atoms with Crippen molar-refractivity contribution in [3.8, 4) is 5.75 Å². The molecule has 3 unspecified atom stereocenters. The van der Waals surface area contributed by atoms with Crippen molar-refractivity contribution < 1.29 is 24.2 Å². The molecule has 8 heteroatoms. The number of carbonyl (C=O) groups excluding carboxylic acids is 3. The molecule has 0 saturated carbocycles. The van der Waals surface area contributed by atoms with Gasteiger partial charge in [0.25, 0.3) is 0 Å². The predicted octanol–water partition coefficient (Wildman–Crippen LogP) is 7.18. The van der Waals surface area contributed by atoms with Crippen molar-refractivity contribution in [3.05, 3.63) is 29.3 Å². The number of amides is 3. The molecule has 0 aliphatic rings. The van der Waals surface area contributed by atoms with E-state index in [4.69, 9.17) is 4.74 Å². The third kappa shape index (κ3) is 13.2. The topological polar surface area (TPSA) is 108 Å². The van der Waals surface area contributed by atoms with Crippen LogP contribution in [0.2, 0.25) is 0 Å². The molecule has 0 aliphatic carbocycles. The fraction of sp³-hybridized carbons (Fsp3) is 0.727. The Kier molecular flexibility index (Phi) is 16.5. The lowest BCUT2D eigenvalue weighted by Gasteiger charge is -2.36. The average Bonchev–Trinajstić information content (AvgIpc) is 2.91. The third-order valence-corrected chi connectivity index (χ3v) is 7.36. The van der Waals surface area contributed by atoms with Crippen LogP contribution in [0.15, 0.2) is 18.2 Å². The molecule has 1 rings (SSSR count). The monoisotopic (exact) mass is 575 g/mol. The smallest absolute Gasteiger partial charge is 0.408 e. The van der Waals surface area contributed by atoms with Gasteiger partial charge in [-0.2, -0.15) is 0 Å². The zero-order valence-electron chi connectivity index (χ0n) is 27.0. The van der Waals surface area contributed by atoms with Crippen molar-refractivity contribution in [1.29, 1.82) is 0 Å². The summed E-state index contributed by atoms with van der Waals surface area (Å²) in [5, 5.41) is 16.1. The molecule has 3 amide bonds. The predicted molar refractivity (Wildman–Crippen MR) is 166 cm³/mol. The van der Waals surface area contributed by atoms with Crippen molar-refractivity contribution in [2.45, 2.75) is 137 Å². The summed E-state index contributed by atoms with van der Waals surface area (Å²) in [6, 6.07) is 3.29. The number of phenols is 1. The first-order chi connectivity index (χ1) is 19.4. The first-order valence-corrected chi connectivity index (χ1v) is 15.7. The molecule has 0 aromatic heterocycles. The Hall–Kier alpha value is -2.77. The lowest BCUT2D eigenvalue weighted by molar-refractivity contribution is -0.143. The van der Waals surface area contributed by atoms with Crippen molar-refractivity contribution >= 4 is 17.9 Å². The molecule has 234 valence electrons. The van der Waals surface area contributed by atoms with Gasteiger partial charge in [-0.15, -0.1) is 0 Å². The Balaban J connectivity index is 3.48. The molecule has 0 radical (unpaired) electrons. The van der Waals surface area contributed by atoms with Crippen LogP contribution in [0.5, 0.6) is 5.75 Å². The normalized spacial score (nSPS) is 13.7. The Morgan fingerprint density at radius 2 is 1.56 bits per heavy atom. The van der Waals surface area contributed by atoms with Gasteiger partial charge >= 0.3 is 6.09 Å². The fourth-order valence-corrected chi connectivity index (χ4v) is 4.73. The van der Waals surface area contributed by atoms with E-state index in [1.54, 1.807) is 50.8 Å². The van der Waals surface area contributed by atoms with Crippen LogP contribution < -0.4 is 10.6 Å². The van der Waals surface area contributed by atoms with Gasteiger partial charge in [0.2, 0.25) is 11.8 Å². The van der Waals surface area contributed by atoms with E-state index < -0.39 is 23.8 Å². The van der Waals surface area contributed by atoms with E-state index in [1.807, 2.05) is 13.8 Å². The molecule has 1 aromatic carbocycles. The highest BCUT2D eigenvalue weighted by Gasteiger charge is 2.38. The lowest BCUT2D eigenvalue weighted by Crippen LogP contribution is -2.55. The summed E-state index contributed by atoms with van der Waals surface area (Å²) in [7, 11) is 0. The van der Waals surface area contributed by atoms with Crippen LogP contribution in [-0.4, -0.2) is 52.6 Å². The van der Waals surface area contributed by atoms with Crippen LogP contribution in [0.3, 0.4) is 0 Å². The number of phenolic OH excluding ortho intramolecular Hbond substituents is 1. The average molecular weight is 576 g/mol. The van der Waals surface area contributed by atoms with Gasteiger partial charge in [-0.05, 0) is 69.7 Å². The van der Waals surface area contributed by atoms with Crippen molar-refractivity contribution in [1.82, 2.24) is 15.5 Å². The van der Waals surface area contributed by atoms with Crippen molar-refractivity contribution in [2.24, 2.45) is 5.92 Å². The number of benzene rings is 1. The quantitative estimate of drug-likeness (QED) is 0.161. The van der Waals surface area contributed by atoms with Gasteiger partial charge in [0.05, 0.1) is 0 Å². The van der Waals surface area contributed by atoms with Gasteiger partial charge < -0.3 is 25.4 Å². The zero-order chi connectivity index (χ0) is 31.0. The largest absolute Gasteiger partial charge is 0.508 e. The highest BCUT2D eigenvalue weighted by atomic mass is 16.6. The summed E-state index contributed by atoms with van der Waals surface area (Å²) in [4.78, 5) is 42.7. The summed E-state index contributed by atoms with van der Waals surface area (Å²) in [6.45, 7) is 16.2. The number of aromatic hydroxyl groups is 1. The minimum absolute atomic E-state index is 0.133. The number of unbranched alkanes of at least 4 members (excludes halogenated alkanes) is 7. The van der Waals surface area contributed by atoms with E-state index in [1.165, 1.54) is 6.42 Å². The van der Waals surface area contributed by atoms with Crippen molar-refractivity contribution in [3.63, 3.8) is 0 Å². The van der Waals surface area contributed by atoms with Crippen molar-refractivity contribution in [2.75, 3.05) is 13.1 Å². The molecular formula is C33H57N3O5. The Labute approximate surface area is 249 Å². The third-order valence-electron chi connectivity index (χ3n) is 7.36. The van der Waals surface area contributed by atoms with Crippen LogP contribution in [-0.2, 0) is 14.3 Å². The van der Waals surface area contributed by atoms with Gasteiger partial charge in [-0.25, -0.2) is 4.79 Å². The van der Waals surface area contributed by atoms with Gasteiger partial charge in [-0.3, -0.25) is 9.59 Å². The number of hydrogen-bond donors (Lipinski definition) is 3. The van der Waals surface area contributed by atoms with E-state index in [0.29, 0.717) is 30.6 Å². The van der Waals surface area contributed by atoms with Gasteiger partial charge in [-0.1, -0.05) is 85.1 Å². The number of ether oxygens (including phenoxy) is 1. The Bertz CT molecular complexity index is 943. The van der Waals surface area contributed by atoms with Gasteiger partial charge in [0, 0.05) is 13.1 Å². The fourth-order valence-electron chi connectivity index (χ4n) is 4.73. The standard InChI is InChI=1S/C33H57N3O5/c1-9-12-14-15-16-18-22-36(31(39)28(24(4)11-3)35-32(40)41-33(6,7)8)29(30(38)34-21-17-13-10-2)26-19-20-27(37)25(5)23-26/h19-20,23-24,28-29,37H,9-18,21-22H2,1-8H3,(H,34,38)(H,35,40). The second kappa shape index (κ2) is 18.6. The maximum absolute atomic E-state index is 14.4. The molecule has 0 fully saturated rings. The van der Waals surface area contributed by atoms with E-state index >= 15 is 0 Å². The number of alkyl carbamates (subject to hydrolysis) is 1. The minimum atomic E-state index is -0.897. The lowest BCUT2D eigenvalue weighted by atomic mass is 9.95. The molecule has 3 N–H and O–H groups in total. The molecule has 0 aliphatic heterocycles. The maximum Gasteiger partial charge on any atom is 0.408 e. The molecule has 0 heterocycles. The first kappa shape index (κ1) is 36.3. The van der Waals surface area contributed by atoms with Crippen LogP contribution in [0.25, 0.3) is 0 Å². The molecule has 3 atom stereocenters. The van der Waals surface area contributed by atoms with E-state index in [2.05, 4.69) is 24.5 Å². The Morgan fingerprint density at radius 3 is 2.15 bits per heavy atom. The first-order valence-electron chi connectivity index (χ1n) is 15.7. The van der Waals surface area contributed by atoms with E-state index in [-0.39, 0.29) is 23.5 Å². The SMILES string of the molecule is CCCCCCCCN(C(=O)C(NC(=O)OC(C)(C)C)C(C)CC)C(C(=O)NCCCCC)c1ccc(O)c(C)c1. The summed E-state index contributed by atoms with van der Waals surface area (Å²) in [6.07, 6.45) is 9.09. The number of aryl methyl sites for hydroxylation is 1.